The molecule has 0 aliphatic carbocycles. The van der Waals surface area contributed by atoms with Crippen LogP contribution in [0, 0.1) is 0 Å². The average Bonchev–Trinajstić information content (AvgIpc) is 3.22. The molecule has 0 bridgehead atoms. The second kappa shape index (κ2) is 8.44. The van der Waals surface area contributed by atoms with Gasteiger partial charge in [-0.25, -0.2) is 0 Å². The smallest absolute Gasteiger partial charge is 0.256 e. The molecule has 0 aromatic heterocycles. The lowest BCUT2D eigenvalue weighted by Gasteiger charge is -2.22. The normalized spacial score (nSPS) is 14.7. The molecule has 5 nitrogen and oxygen atoms in total. The lowest BCUT2D eigenvalue weighted by atomic mass is 10.1. The van der Waals surface area contributed by atoms with Crippen molar-refractivity contribution >= 4 is 34.8 Å². The van der Waals surface area contributed by atoms with Gasteiger partial charge in [-0.2, -0.15) is 0 Å². The van der Waals surface area contributed by atoms with Crippen LogP contribution >= 0.6 is 11.6 Å². The largest absolute Gasteiger partial charge is 0.377 e. The molecule has 1 aliphatic heterocycles. The minimum atomic E-state index is -0.794. The van der Waals surface area contributed by atoms with Crippen LogP contribution in [0.5, 0.6) is 0 Å². The summed E-state index contributed by atoms with van der Waals surface area (Å²) in [5.74, 6) is -0.321. The van der Waals surface area contributed by atoms with Crippen molar-refractivity contribution in [3.63, 3.8) is 0 Å². The number of carbonyl (C=O) groups excluding carboxylic acids is 2. The maximum absolute atomic E-state index is 12.9. The first-order chi connectivity index (χ1) is 13.0. The number of nitrogens with zero attached hydrogens (tertiary/aromatic N) is 2. The van der Waals surface area contributed by atoms with E-state index in [1.807, 2.05) is 60.3 Å². The van der Waals surface area contributed by atoms with Crippen LogP contribution in [-0.4, -0.2) is 43.9 Å². The third-order valence-electron chi connectivity index (χ3n) is 4.69. The number of hydrogen-bond donors (Lipinski definition) is 1. The van der Waals surface area contributed by atoms with E-state index in [4.69, 9.17) is 11.6 Å². The molecule has 2 aromatic rings. The average molecular weight is 386 g/mol. The lowest BCUT2D eigenvalue weighted by molar-refractivity contribution is -0.116. The Morgan fingerprint density at radius 2 is 1.74 bits per heavy atom. The fourth-order valence-corrected chi connectivity index (χ4v) is 3.44. The second-order valence-corrected chi connectivity index (χ2v) is 7.32. The fourth-order valence-electron chi connectivity index (χ4n) is 3.24. The van der Waals surface area contributed by atoms with Gasteiger partial charge in [0.05, 0.1) is 5.56 Å². The SMILES string of the molecule is CN(C)c1ccc(NC(=O)C(Cl)c2ccccc2)cc1C(=O)N1CCCC1. The number of rotatable bonds is 5. The number of amides is 2. The number of carbonyl (C=O) groups is 2. The Morgan fingerprint density at radius 3 is 2.37 bits per heavy atom. The highest BCUT2D eigenvalue weighted by Gasteiger charge is 2.24. The van der Waals surface area contributed by atoms with Crippen LogP contribution in [0.2, 0.25) is 0 Å². The van der Waals surface area contributed by atoms with Crippen molar-refractivity contribution in [3.8, 4) is 0 Å². The van der Waals surface area contributed by atoms with Gasteiger partial charge in [0, 0.05) is 38.6 Å². The molecule has 0 saturated carbocycles. The van der Waals surface area contributed by atoms with Crippen LogP contribution in [0.25, 0.3) is 0 Å². The summed E-state index contributed by atoms with van der Waals surface area (Å²) < 4.78 is 0. The summed E-state index contributed by atoms with van der Waals surface area (Å²) in [6, 6.07) is 14.6. The summed E-state index contributed by atoms with van der Waals surface area (Å²) in [7, 11) is 3.80. The molecule has 0 radical (unpaired) electrons. The molecule has 1 heterocycles. The van der Waals surface area contributed by atoms with Crippen molar-refractivity contribution < 1.29 is 9.59 Å². The van der Waals surface area contributed by atoms with Crippen molar-refractivity contribution in [2.24, 2.45) is 0 Å². The summed E-state index contributed by atoms with van der Waals surface area (Å²) >= 11 is 6.30. The van der Waals surface area contributed by atoms with E-state index in [1.165, 1.54) is 0 Å². The first kappa shape index (κ1) is 19.2. The van der Waals surface area contributed by atoms with E-state index in [-0.39, 0.29) is 11.8 Å². The van der Waals surface area contributed by atoms with E-state index in [0.29, 0.717) is 11.3 Å². The van der Waals surface area contributed by atoms with Gasteiger partial charge in [0.1, 0.15) is 5.38 Å². The van der Waals surface area contributed by atoms with Crippen LogP contribution in [0.3, 0.4) is 0 Å². The summed E-state index contributed by atoms with van der Waals surface area (Å²) in [4.78, 5) is 29.2. The van der Waals surface area contributed by atoms with Gasteiger partial charge >= 0.3 is 0 Å². The van der Waals surface area contributed by atoms with Crippen LogP contribution < -0.4 is 10.2 Å². The molecule has 1 aliphatic rings. The van der Waals surface area contributed by atoms with Crippen molar-refractivity contribution in [1.82, 2.24) is 4.90 Å². The first-order valence-corrected chi connectivity index (χ1v) is 9.51. The topological polar surface area (TPSA) is 52.7 Å². The van der Waals surface area contributed by atoms with Crippen molar-refractivity contribution in [2.45, 2.75) is 18.2 Å². The molecule has 27 heavy (non-hydrogen) atoms. The van der Waals surface area contributed by atoms with E-state index < -0.39 is 5.38 Å². The Kier molecular flexibility index (Phi) is 6.01. The standard InChI is InChI=1S/C21H24ClN3O2/c1-24(2)18-11-10-16(14-17(18)21(27)25-12-6-7-13-25)23-20(26)19(22)15-8-4-3-5-9-15/h3-5,8-11,14,19H,6-7,12-13H2,1-2H3,(H,23,26). The molecule has 0 spiro atoms. The maximum Gasteiger partial charge on any atom is 0.256 e. The second-order valence-electron chi connectivity index (χ2n) is 6.89. The summed E-state index contributed by atoms with van der Waals surface area (Å²) in [5.41, 5.74) is 2.71. The third-order valence-corrected chi connectivity index (χ3v) is 5.14. The Balaban J connectivity index is 1.82. The van der Waals surface area contributed by atoms with Gasteiger partial charge in [0.25, 0.3) is 5.91 Å². The monoisotopic (exact) mass is 385 g/mol. The zero-order chi connectivity index (χ0) is 19.4. The van der Waals surface area contributed by atoms with Crippen LogP contribution in [0.4, 0.5) is 11.4 Å². The molecule has 1 N–H and O–H groups in total. The highest BCUT2D eigenvalue weighted by Crippen LogP contribution is 2.27. The number of hydrogen-bond acceptors (Lipinski definition) is 3. The van der Waals surface area contributed by atoms with E-state index in [0.717, 1.165) is 37.2 Å². The van der Waals surface area contributed by atoms with Gasteiger partial charge < -0.3 is 15.1 Å². The summed E-state index contributed by atoms with van der Waals surface area (Å²) in [6.45, 7) is 1.56. The van der Waals surface area contributed by atoms with Crippen LogP contribution in [0.15, 0.2) is 48.5 Å². The van der Waals surface area contributed by atoms with Gasteiger partial charge in [0.2, 0.25) is 5.91 Å². The van der Waals surface area contributed by atoms with E-state index >= 15 is 0 Å². The Morgan fingerprint density at radius 1 is 1.07 bits per heavy atom. The molecular weight excluding hydrogens is 362 g/mol. The molecule has 1 atom stereocenters. The predicted molar refractivity (Wildman–Crippen MR) is 110 cm³/mol. The molecule has 1 saturated heterocycles. The summed E-state index contributed by atoms with van der Waals surface area (Å²) in [6.07, 6.45) is 2.06. The lowest BCUT2D eigenvalue weighted by Crippen LogP contribution is -2.29. The van der Waals surface area contributed by atoms with E-state index in [2.05, 4.69) is 5.32 Å². The number of halogens is 1. The number of nitrogens with one attached hydrogen (secondary N) is 1. The van der Waals surface area contributed by atoms with Gasteiger partial charge in [-0.05, 0) is 36.6 Å². The van der Waals surface area contributed by atoms with Gasteiger partial charge in [-0.15, -0.1) is 11.6 Å². The van der Waals surface area contributed by atoms with Gasteiger partial charge in [0.15, 0.2) is 0 Å². The molecule has 1 unspecified atom stereocenters. The number of benzene rings is 2. The minimum Gasteiger partial charge on any atom is -0.377 e. The van der Waals surface area contributed by atoms with Gasteiger partial charge in [-0.3, -0.25) is 9.59 Å². The van der Waals surface area contributed by atoms with Crippen molar-refractivity contribution in [2.75, 3.05) is 37.4 Å². The van der Waals surface area contributed by atoms with Gasteiger partial charge in [-0.1, -0.05) is 30.3 Å². The Hall–Kier alpha value is -2.53. The Labute approximate surface area is 164 Å². The van der Waals surface area contributed by atoms with E-state index in [1.54, 1.807) is 12.1 Å². The Bertz CT molecular complexity index is 817. The zero-order valence-corrected chi connectivity index (χ0v) is 16.4. The molecule has 1 fully saturated rings. The zero-order valence-electron chi connectivity index (χ0n) is 15.6. The minimum absolute atomic E-state index is 0.00205. The molecule has 3 rings (SSSR count). The summed E-state index contributed by atoms with van der Waals surface area (Å²) in [5, 5.41) is 2.04. The maximum atomic E-state index is 12.9. The predicted octanol–water partition coefficient (Wildman–Crippen LogP) is 3.91. The number of anilines is 2. The quantitative estimate of drug-likeness (QED) is 0.794. The number of likely N-dealkylation sites (tertiary alicyclic amines) is 1. The van der Waals surface area contributed by atoms with Crippen molar-refractivity contribution in [3.05, 3.63) is 59.7 Å². The first-order valence-electron chi connectivity index (χ1n) is 9.08. The molecule has 2 aromatic carbocycles. The fraction of sp³-hybridized carbons (Fsp3) is 0.333. The van der Waals surface area contributed by atoms with Crippen LogP contribution in [-0.2, 0) is 4.79 Å². The molecular formula is C21H24ClN3O2. The van der Waals surface area contributed by atoms with Crippen LogP contribution in [0.1, 0.15) is 34.1 Å². The van der Waals surface area contributed by atoms with Crippen molar-refractivity contribution in [1.29, 1.82) is 0 Å². The highest BCUT2D eigenvalue weighted by atomic mass is 35.5. The molecule has 2 amide bonds. The van der Waals surface area contributed by atoms with E-state index in [9.17, 15) is 9.59 Å². The molecule has 6 heteroatoms. The third kappa shape index (κ3) is 4.42. The highest BCUT2D eigenvalue weighted by molar-refractivity contribution is 6.32. The number of alkyl halides is 1. The molecule has 142 valence electrons.